The van der Waals surface area contributed by atoms with Gasteiger partial charge in [0.1, 0.15) is 30.5 Å². The van der Waals surface area contributed by atoms with E-state index in [4.69, 9.17) is 23.7 Å². The number of rotatable bonds is 13. The van der Waals surface area contributed by atoms with Crippen molar-refractivity contribution in [1.82, 2.24) is 0 Å². The second-order valence-corrected chi connectivity index (χ2v) is 12.2. The summed E-state index contributed by atoms with van der Waals surface area (Å²) < 4.78 is 30.1. The van der Waals surface area contributed by atoms with Crippen molar-refractivity contribution in [3.8, 4) is 28.7 Å². The van der Waals surface area contributed by atoms with Crippen LogP contribution in [0.4, 0.5) is 0 Å². The summed E-state index contributed by atoms with van der Waals surface area (Å²) in [7, 11) is 3.22. The molecule has 0 bridgehead atoms. The van der Waals surface area contributed by atoms with Crippen molar-refractivity contribution in [2.75, 3.05) is 34.0 Å². The molecule has 11 heteroatoms. The minimum absolute atomic E-state index is 0.00754. The lowest BCUT2D eigenvalue weighted by Gasteiger charge is -2.37. The average molecular weight is 644 g/mol. The fraction of sp³-hybridized carbons (Fsp3) is 0.417. The van der Waals surface area contributed by atoms with Gasteiger partial charge in [0.2, 0.25) is 0 Å². The van der Waals surface area contributed by atoms with Crippen LogP contribution in [0.3, 0.4) is 0 Å². The van der Waals surface area contributed by atoms with E-state index in [1.807, 2.05) is 61.5 Å². The summed E-state index contributed by atoms with van der Waals surface area (Å²) in [5.41, 5.74) is 5.98. The number of nitrogens with zero attached hydrogens (tertiary/aromatic N) is 3. The van der Waals surface area contributed by atoms with Crippen molar-refractivity contribution in [3.63, 3.8) is 0 Å². The first kappa shape index (κ1) is 32.0. The van der Waals surface area contributed by atoms with Crippen LogP contribution in [0.2, 0.25) is 0 Å². The SMILES string of the molecule is COc1cc(OCCOc2cc(C3CC/C3=N\O)c(OC)cc2C)c(C2CC/C2=N\O)cc1OCC1C/C(=N\O)C1c1ccccc1. The molecular weight excluding hydrogens is 602 g/mol. The summed E-state index contributed by atoms with van der Waals surface area (Å²) in [5.74, 6) is 3.18. The van der Waals surface area contributed by atoms with Gasteiger partial charge in [0.15, 0.2) is 11.5 Å². The predicted molar refractivity (Wildman–Crippen MR) is 176 cm³/mol. The zero-order chi connectivity index (χ0) is 32.9. The van der Waals surface area contributed by atoms with Crippen LogP contribution in [0.25, 0.3) is 0 Å². The normalized spacial score (nSPS) is 24.3. The maximum Gasteiger partial charge on any atom is 0.164 e. The van der Waals surface area contributed by atoms with E-state index >= 15 is 0 Å². The van der Waals surface area contributed by atoms with Gasteiger partial charge >= 0.3 is 0 Å². The zero-order valence-corrected chi connectivity index (χ0v) is 26.9. The van der Waals surface area contributed by atoms with Gasteiger partial charge in [-0.05, 0) is 68.4 Å². The first-order valence-corrected chi connectivity index (χ1v) is 16.0. The molecule has 11 nitrogen and oxygen atoms in total. The smallest absolute Gasteiger partial charge is 0.164 e. The van der Waals surface area contributed by atoms with Gasteiger partial charge in [-0.2, -0.15) is 0 Å². The number of aryl methyl sites for hydroxylation is 1. The van der Waals surface area contributed by atoms with Gasteiger partial charge in [-0.3, -0.25) is 0 Å². The van der Waals surface area contributed by atoms with Crippen molar-refractivity contribution in [2.24, 2.45) is 21.4 Å². The van der Waals surface area contributed by atoms with E-state index in [1.165, 1.54) is 0 Å². The van der Waals surface area contributed by atoms with Gasteiger partial charge in [0, 0.05) is 40.9 Å². The van der Waals surface area contributed by atoms with E-state index < -0.39 is 0 Å². The van der Waals surface area contributed by atoms with Gasteiger partial charge in [-0.1, -0.05) is 45.8 Å². The Morgan fingerprint density at radius 1 is 0.660 bits per heavy atom. The maximum absolute atomic E-state index is 9.61. The van der Waals surface area contributed by atoms with E-state index in [0.717, 1.165) is 58.7 Å². The largest absolute Gasteiger partial charge is 0.496 e. The molecule has 3 aliphatic carbocycles. The molecule has 3 aromatic rings. The Kier molecular flexibility index (Phi) is 9.70. The summed E-state index contributed by atoms with van der Waals surface area (Å²) in [5, 5.41) is 39.0. The lowest BCUT2D eigenvalue weighted by molar-refractivity contribution is 0.204. The van der Waals surface area contributed by atoms with E-state index in [0.29, 0.717) is 48.2 Å². The van der Waals surface area contributed by atoms with Crippen molar-refractivity contribution in [3.05, 3.63) is 76.9 Å². The second-order valence-electron chi connectivity index (χ2n) is 12.2. The molecule has 47 heavy (non-hydrogen) atoms. The number of hydrogen-bond acceptors (Lipinski definition) is 11. The van der Waals surface area contributed by atoms with Crippen LogP contribution in [-0.4, -0.2) is 66.8 Å². The van der Waals surface area contributed by atoms with Crippen LogP contribution in [0.1, 0.15) is 72.1 Å². The molecule has 0 radical (unpaired) electrons. The molecule has 3 aromatic carbocycles. The molecule has 3 saturated carbocycles. The van der Waals surface area contributed by atoms with Gasteiger partial charge in [0.25, 0.3) is 0 Å². The highest BCUT2D eigenvalue weighted by atomic mass is 16.5. The van der Waals surface area contributed by atoms with Gasteiger partial charge in [0.05, 0.1) is 38.0 Å². The van der Waals surface area contributed by atoms with Crippen LogP contribution >= 0.6 is 0 Å². The lowest BCUT2D eigenvalue weighted by Crippen LogP contribution is -2.39. The number of hydrogen-bond donors (Lipinski definition) is 3. The van der Waals surface area contributed by atoms with Crippen molar-refractivity contribution in [2.45, 2.75) is 56.8 Å². The number of benzene rings is 3. The van der Waals surface area contributed by atoms with Crippen LogP contribution in [0.15, 0.2) is 70.1 Å². The Bertz CT molecular complexity index is 1670. The highest BCUT2D eigenvalue weighted by Gasteiger charge is 2.40. The fourth-order valence-corrected chi connectivity index (χ4v) is 6.76. The molecule has 3 N–H and O–H groups in total. The summed E-state index contributed by atoms with van der Waals surface area (Å²) in [6.07, 6.45) is 3.82. The number of methoxy groups -OCH3 is 2. The van der Waals surface area contributed by atoms with Crippen molar-refractivity contribution >= 4 is 17.1 Å². The average Bonchev–Trinajstić information content (AvgIpc) is 3.04. The first-order valence-electron chi connectivity index (χ1n) is 16.0. The third-order valence-corrected chi connectivity index (χ3v) is 9.65. The molecule has 0 saturated heterocycles. The minimum atomic E-state index is -0.102. The van der Waals surface area contributed by atoms with Gasteiger partial charge < -0.3 is 39.3 Å². The highest BCUT2D eigenvalue weighted by molar-refractivity contribution is 5.97. The Morgan fingerprint density at radius 3 is 1.83 bits per heavy atom. The highest BCUT2D eigenvalue weighted by Crippen LogP contribution is 2.46. The number of ether oxygens (including phenoxy) is 5. The summed E-state index contributed by atoms with van der Waals surface area (Å²) in [4.78, 5) is 0. The van der Waals surface area contributed by atoms with Gasteiger partial charge in [-0.15, -0.1) is 0 Å². The molecule has 0 aliphatic heterocycles. The standard InChI is InChI=1S/C36H41N3O8/c1-21-15-32(43-2)26(24-9-11-28(24)37-40)17-31(21)45-13-14-46-33-19-34(44-3)35(18-27(33)25-10-12-29(25)38-41)47-20-23-16-30(39-42)36(23)22-7-5-4-6-8-22/h4-8,15,17-19,23-25,36,40-42H,9-14,16,20H2,1-3H3/b37-28+,38-29+,39-30+. The topological polar surface area (TPSA) is 144 Å². The number of oxime groups is 3. The van der Waals surface area contributed by atoms with Crippen LogP contribution in [0.5, 0.6) is 28.7 Å². The van der Waals surface area contributed by atoms with E-state index in [2.05, 4.69) is 15.5 Å². The van der Waals surface area contributed by atoms with Gasteiger partial charge in [-0.25, -0.2) is 0 Å². The predicted octanol–water partition coefficient (Wildman–Crippen LogP) is 6.90. The molecule has 4 unspecified atom stereocenters. The molecule has 0 aromatic heterocycles. The van der Waals surface area contributed by atoms with Crippen molar-refractivity contribution in [1.29, 1.82) is 0 Å². The molecule has 3 fully saturated rings. The Morgan fingerprint density at radius 2 is 1.26 bits per heavy atom. The molecule has 0 heterocycles. The first-order chi connectivity index (χ1) is 23.0. The summed E-state index contributed by atoms with van der Waals surface area (Å²) in [6, 6.07) is 17.6. The maximum atomic E-state index is 9.61. The van der Waals surface area contributed by atoms with Crippen LogP contribution in [-0.2, 0) is 0 Å². The molecule has 6 rings (SSSR count). The quantitative estimate of drug-likeness (QED) is 0.104. The fourth-order valence-electron chi connectivity index (χ4n) is 6.76. The van der Waals surface area contributed by atoms with E-state index in [9.17, 15) is 15.6 Å². The molecule has 248 valence electrons. The Balaban J connectivity index is 1.16. The minimum Gasteiger partial charge on any atom is -0.496 e. The summed E-state index contributed by atoms with van der Waals surface area (Å²) >= 11 is 0. The molecule has 4 atom stereocenters. The monoisotopic (exact) mass is 643 g/mol. The second kappa shape index (κ2) is 14.2. The zero-order valence-electron chi connectivity index (χ0n) is 26.9. The summed E-state index contributed by atoms with van der Waals surface area (Å²) in [6.45, 7) is 2.90. The molecule has 3 aliphatic rings. The molecule has 0 amide bonds. The van der Waals surface area contributed by atoms with Crippen LogP contribution < -0.4 is 23.7 Å². The van der Waals surface area contributed by atoms with Crippen molar-refractivity contribution < 1.29 is 39.3 Å². The van der Waals surface area contributed by atoms with E-state index in [1.54, 1.807) is 14.2 Å². The molecular formula is C36H41N3O8. The molecule has 0 spiro atoms. The van der Waals surface area contributed by atoms with E-state index in [-0.39, 0.29) is 36.9 Å². The third kappa shape index (κ3) is 6.39. The third-order valence-electron chi connectivity index (χ3n) is 9.65. The Labute approximate surface area is 274 Å². The lowest BCUT2D eigenvalue weighted by atomic mass is 9.68. The van der Waals surface area contributed by atoms with Crippen LogP contribution in [0, 0.1) is 12.8 Å². The Hall–Kier alpha value is -4.93.